The number of hydrogen-bond donors (Lipinski definition) is 1. The molecule has 0 fully saturated rings. The quantitative estimate of drug-likeness (QED) is 0.373. The van der Waals surface area contributed by atoms with Crippen LogP contribution in [0.1, 0.15) is 43.0 Å². The monoisotopic (exact) mass is 549 g/mol. The van der Waals surface area contributed by atoms with E-state index in [1.165, 1.54) is 4.90 Å². The van der Waals surface area contributed by atoms with Gasteiger partial charge in [0, 0.05) is 12.6 Å². The molecule has 1 atom stereocenters. The fraction of sp³-hybridized carbons (Fsp3) is 0.355. The molecule has 0 heterocycles. The Bertz CT molecular complexity index is 1390. The summed E-state index contributed by atoms with van der Waals surface area (Å²) in [6, 6.07) is 20.8. The summed E-state index contributed by atoms with van der Waals surface area (Å²) in [5.41, 5.74) is 4.10. The number of rotatable bonds is 11. The van der Waals surface area contributed by atoms with Gasteiger partial charge in [0.2, 0.25) is 11.8 Å². The van der Waals surface area contributed by atoms with Gasteiger partial charge in [-0.1, -0.05) is 65.7 Å². The zero-order valence-corrected chi connectivity index (χ0v) is 24.5. The van der Waals surface area contributed by atoms with Crippen molar-refractivity contribution in [1.29, 1.82) is 0 Å². The fourth-order valence-corrected chi connectivity index (χ4v) is 5.89. The number of benzene rings is 3. The maximum Gasteiger partial charge on any atom is 0.264 e. The van der Waals surface area contributed by atoms with Gasteiger partial charge in [-0.05, 0) is 77.3 Å². The van der Waals surface area contributed by atoms with Gasteiger partial charge >= 0.3 is 0 Å². The third kappa shape index (κ3) is 7.69. The summed E-state index contributed by atoms with van der Waals surface area (Å²) in [6.07, 6.45) is 0.528. The van der Waals surface area contributed by atoms with E-state index in [9.17, 15) is 18.0 Å². The molecule has 208 valence electrons. The zero-order chi connectivity index (χ0) is 28.7. The predicted molar refractivity (Wildman–Crippen MR) is 156 cm³/mol. The minimum Gasteiger partial charge on any atom is -0.352 e. The smallest absolute Gasteiger partial charge is 0.264 e. The topological polar surface area (TPSA) is 86.8 Å². The van der Waals surface area contributed by atoms with E-state index in [1.807, 2.05) is 77.1 Å². The molecule has 0 aromatic heterocycles. The Hall–Kier alpha value is -3.65. The molecule has 0 bridgehead atoms. The molecule has 0 saturated heterocycles. The van der Waals surface area contributed by atoms with Crippen molar-refractivity contribution >= 4 is 27.5 Å². The number of hydrogen-bond acceptors (Lipinski definition) is 4. The number of nitrogens with zero attached hydrogens (tertiary/aromatic N) is 2. The molecule has 3 aromatic carbocycles. The lowest BCUT2D eigenvalue weighted by molar-refractivity contribution is -0.139. The van der Waals surface area contributed by atoms with Crippen LogP contribution in [-0.4, -0.2) is 50.3 Å². The largest absolute Gasteiger partial charge is 0.352 e. The van der Waals surface area contributed by atoms with Crippen molar-refractivity contribution in [2.24, 2.45) is 0 Å². The van der Waals surface area contributed by atoms with Gasteiger partial charge in [0.25, 0.3) is 10.0 Å². The van der Waals surface area contributed by atoms with Crippen LogP contribution in [0.5, 0.6) is 0 Å². The highest BCUT2D eigenvalue weighted by Crippen LogP contribution is 2.28. The van der Waals surface area contributed by atoms with Crippen molar-refractivity contribution in [1.82, 2.24) is 10.2 Å². The van der Waals surface area contributed by atoms with Gasteiger partial charge in [-0.3, -0.25) is 13.9 Å². The van der Waals surface area contributed by atoms with Crippen LogP contribution in [0.25, 0.3) is 0 Å². The lowest BCUT2D eigenvalue weighted by atomic mass is 10.1. The Kier molecular flexibility index (Phi) is 9.92. The number of nitrogens with one attached hydrogen (secondary N) is 1. The van der Waals surface area contributed by atoms with Crippen LogP contribution in [-0.2, 0) is 26.0 Å². The summed E-state index contributed by atoms with van der Waals surface area (Å²) in [5, 5.41) is 2.87. The summed E-state index contributed by atoms with van der Waals surface area (Å²) in [7, 11) is -4.08. The van der Waals surface area contributed by atoms with E-state index in [0.29, 0.717) is 12.1 Å². The number of carbonyl (C=O) groups is 2. The number of anilines is 1. The minimum atomic E-state index is -4.08. The summed E-state index contributed by atoms with van der Waals surface area (Å²) in [5.74, 6) is -0.737. The first-order valence-corrected chi connectivity index (χ1v) is 14.6. The number of aryl methyl sites for hydroxylation is 3. The van der Waals surface area contributed by atoms with Crippen LogP contribution in [0.4, 0.5) is 5.69 Å². The Morgan fingerprint density at radius 2 is 1.46 bits per heavy atom. The molecule has 3 rings (SSSR count). The van der Waals surface area contributed by atoms with E-state index in [1.54, 1.807) is 37.3 Å². The van der Waals surface area contributed by atoms with E-state index in [-0.39, 0.29) is 23.4 Å². The van der Waals surface area contributed by atoms with Crippen molar-refractivity contribution in [3.8, 4) is 0 Å². The molecular formula is C31H39N3O4S. The Labute approximate surface area is 232 Å². The van der Waals surface area contributed by atoms with Crippen molar-refractivity contribution in [3.05, 3.63) is 95.1 Å². The lowest BCUT2D eigenvalue weighted by Gasteiger charge is -2.32. The van der Waals surface area contributed by atoms with E-state index in [2.05, 4.69) is 5.32 Å². The molecule has 2 amide bonds. The second-order valence-electron chi connectivity index (χ2n) is 10.3. The van der Waals surface area contributed by atoms with E-state index in [4.69, 9.17) is 0 Å². The highest BCUT2D eigenvalue weighted by molar-refractivity contribution is 7.92. The first kappa shape index (κ1) is 29.9. The molecule has 1 N–H and O–H groups in total. The molecule has 0 aliphatic rings. The second kappa shape index (κ2) is 12.9. The normalized spacial score (nSPS) is 12.2. The second-order valence-corrected chi connectivity index (χ2v) is 12.1. The Morgan fingerprint density at radius 1 is 0.846 bits per heavy atom. The maximum absolute atomic E-state index is 13.9. The first-order valence-electron chi connectivity index (χ1n) is 13.2. The minimum absolute atomic E-state index is 0.0975. The van der Waals surface area contributed by atoms with Crippen LogP contribution in [0.2, 0.25) is 0 Å². The SMILES string of the molecule is Cc1ccc(S(=O)(=O)N(CC(=O)N(CCc2ccccc2)[C@@H](C)C(=O)NC(C)C)c2ccc(C)cc2C)cc1. The van der Waals surface area contributed by atoms with Gasteiger partial charge in [0.1, 0.15) is 12.6 Å². The van der Waals surface area contributed by atoms with Gasteiger partial charge in [-0.15, -0.1) is 0 Å². The molecule has 3 aromatic rings. The summed E-state index contributed by atoms with van der Waals surface area (Å²) < 4.78 is 29.1. The standard InChI is InChI=1S/C31H39N3O4S/c1-22(2)32-31(36)26(6)33(19-18-27-10-8-7-9-11-27)30(35)21-34(29-17-14-24(4)20-25(29)5)39(37,38)28-15-12-23(3)13-16-28/h7-17,20,22,26H,18-19,21H2,1-6H3,(H,32,36)/t26-/m0/s1. The Morgan fingerprint density at radius 3 is 2.05 bits per heavy atom. The highest BCUT2D eigenvalue weighted by atomic mass is 32.2. The summed E-state index contributed by atoms with van der Waals surface area (Å²) >= 11 is 0. The van der Waals surface area contributed by atoms with Crippen LogP contribution in [0.3, 0.4) is 0 Å². The van der Waals surface area contributed by atoms with Crippen molar-refractivity contribution in [3.63, 3.8) is 0 Å². The molecule has 7 nitrogen and oxygen atoms in total. The lowest BCUT2D eigenvalue weighted by Crippen LogP contribution is -2.53. The highest BCUT2D eigenvalue weighted by Gasteiger charge is 2.33. The average molecular weight is 550 g/mol. The molecule has 0 unspecified atom stereocenters. The zero-order valence-electron chi connectivity index (χ0n) is 23.6. The molecule has 0 spiro atoms. The molecule has 39 heavy (non-hydrogen) atoms. The van der Waals surface area contributed by atoms with Crippen molar-refractivity contribution in [2.45, 2.75) is 64.9 Å². The Balaban J connectivity index is 2.01. The third-order valence-electron chi connectivity index (χ3n) is 6.59. The van der Waals surface area contributed by atoms with E-state index < -0.39 is 28.5 Å². The number of sulfonamides is 1. The van der Waals surface area contributed by atoms with Crippen LogP contribution < -0.4 is 9.62 Å². The number of amides is 2. The first-order chi connectivity index (χ1) is 18.4. The number of carbonyl (C=O) groups excluding carboxylic acids is 2. The van der Waals surface area contributed by atoms with E-state index >= 15 is 0 Å². The van der Waals surface area contributed by atoms with Gasteiger partial charge in [-0.25, -0.2) is 8.42 Å². The molecular weight excluding hydrogens is 510 g/mol. The maximum atomic E-state index is 13.9. The molecule has 0 saturated carbocycles. The third-order valence-corrected chi connectivity index (χ3v) is 8.37. The van der Waals surface area contributed by atoms with Crippen LogP contribution in [0, 0.1) is 20.8 Å². The predicted octanol–water partition coefficient (Wildman–Crippen LogP) is 4.79. The van der Waals surface area contributed by atoms with Crippen molar-refractivity contribution in [2.75, 3.05) is 17.4 Å². The van der Waals surface area contributed by atoms with Gasteiger partial charge in [-0.2, -0.15) is 0 Å². The van der Waals surface area contributed by atoms with Gasteiger partial charge in [0.05, 0.1) is 10.6 Å². The average Bonchev–Trinajstić information content (AvgIpc) is 2.88. The van der Waals surface area contributed by atoms with Crippen molar-refractivity contribution < 1.29 is 18.0 Å². The molecule has 8 heteroatoms. The van der Waals surface area contributed by atoms with E-state index in [0.717, 1.165) is 26.6 Å². The van der Waals surface area contributed by atoms with Crippen LogP contribution >= 0.6 is 0 Å². The molecule has 0 radical (unpaired) electrons. The fourth-order valence-electron chi connectivity index (χ4n) is 4.41. The molecule has 0 aliphatic carbocycles. The summed E-state index contributed by atoms with van der Waals surface area (Å²) in [6.45, 7) is 10.9. The summed E-state index contributed by atoms with van der Waals surface area (Å²) in [4.78, 5) is 28.5. The van der Waals surface area contributed by atoms with Gasteiger partial charge in [0.15, 0.2) is 0 Å². The van der Waals surface area contributed by atoms with Gasteiger partial charge < -0.3 is 10.2 Å². The van der Waals surface area contributed by atoms with Crippen LogP contribution in [0.15, 0.2) is 77.7 Å². The molecule has 0 aliphatic heterocycles.